The van der Waals surface area contributed by atoms with Gasteiger partial charge in [-0.15, -0.1) is 0 Å². The lowest BCUT2D eigenvalue weighted by Crippen LogP contribution is -2.39. The molecule has 2 heterocycles. The smallest absolute Gasteiger partial charge is 0.306 e. The van der Waals surface area contributed by atoms with Gasteiger partial charge in [-0.25, -0.2) is 4.79 Å². The minimum absolute atomic E-state index is 0.306. The lowest BCUT2D eigenvalue weighted by atomic mass is 10.3. The van der Waals surface area contributed by atoms with Crippen LogP contribution in [0.1, 0.15) is 11.4 Å². The Kier molecular flexibility index (Phi) is 3.86. The second kappa shape index (κ2) is 5.57. The second-order valence-corrected chi connectivity index (χ2v) is 4.19. The zero-order chi connectivity index (χ0) is 13.8. The van der Waals surface area contributed by atoms with Gasteiger partial charge in [0.15, 0.2) is 0 Å². The second-order valence-electron chi connectivity index (χ2n) is 4.19. The SMILES string of the molecule is Cn1c(CNCc2cccnn2)cc(=O)n(C)c1=O. The van der Waals surface area contributed by atoms with Crippen molar-refractivity contribution in [3.8, 4) is 0 Å². The van der Waals surface area contributed by atoms with E-state index in [1.165, 1.54) is 17.7 Å². The first-order valence-corrected chi connectivity index (χ1v) is 5.83. The summed E-state index contributed by atoms with van der Waals surface area (Å²) >= 11 is 0. The molecule has 19 heavy (non-hydrogen) atoms. The van der Waals surface area contributed by atoms with Crippen LogP contribution < -0.4 is 16.6 Å². The van der Waals surface area contributed by atoms with Gasteiger partial charge < -0.3 is 5.32 Å². The van der Waals surface area contributed by atoms with Crippen molar-refractivity contribution in [1.82, 2.24) is 24.6 Å². The summed E-state index contributed by atoms with van der Waals surface area (Å²) in [6.45, 7) is 0.940. The summed E-state index contributed by atoms with van der Waals surface area (Å²) in [6.07, 6.45) is 1.61. The van der Waals surface area contributed by atoms with Crippen molar-refractivity contribution in [2.75, 3.05) is 0 Å². The number of aromatic nitrogens is 4. The maximum Gasteiger partial charge on any atom is 0.330 e. The van der Waals surface area contributed by atoms with Gasteiger partial charge in [-0.2, -0.15) is 10.2 Å². The normalized spacial score (nSPS) is 10.6. The Labute approximate surface area is 109 Å². The monoisotopic (exact) mass is 261 g/mol. The Bertz CT molecular complexity index is 675. The molecule has 2 aromatic rings. The Hall–Kier alpha value is -2.28. The molecule has 0 saturated heterocycles. The molecule has 0 aromatic carbocycles. The van der Waals surface area contributed by atoms with Crippen molar-refractivity contribution >= 4 is 0 Å². The molecule has 7 heteroatoms. The highest BCUT2D eigenvalue weighted by Gasteiger charge is 2.05. The van der Waals surface area contributed by atoms with Gasteiger partial charge >= 0.3 is 5.69 Å². The summed E-state index contributed by atoms with van der Waals surface area (Å²) in [4.78, 5) is 23.3. The van der Waals surface area contributed by atoms with Crippen LogP contribution in [0.5, 0.6) is 0 Å². The molecule has 0 amide bonds. The van der Waals surface area contributed by atoms with Gasteiger partial charge in [0.25, 0.3) is 5.56 Å². The Morgan fingerprint density at radius 2 is 2.00 bits per heavy atom. The molecular formula is C12H15N5O2. The summed E-state index contributed by atoms with van der Waals surface area (Å²) in [5.74, 6) is 0. The molecule has 0 unspecified atom stereocenters. The van der Waals surface area contributed by atoms with Crippen LogP contribution in [0.4, 0.5) is 0 Å². The summed E-state index contributed by atoms with van der Waals surface area (Å²) in [6, 6.07) is 5.10. The van der Waals surface area contributed by atoms with Crippen molar-refractivity contribution in [3.63, 3.8) is 0 Å². The third kappa shape index (κ3) is 2.94. The van der Waals surface area contributed by atoms with E-state index < -0.39 is 0 Å². The van der Waals surface area contributed by atoms with Crippen molar-refractivity contribution in [2.45, 2.75) is 13.1 Å². The van der Waals surface area contributed by atoms with Gasteiger partial charge in [0, 0.05) is 45.1 Å². The minimum Gasteiger partial charge on any atom is -0.306 e. The zero-order valence-electron chi connectivity index (χ0n) is 10.8. The highest BCUT2D eigenvalue weighted by Crippen LogP contribution is 1.93. The van der Waals surface area contributed by atoms with Crippen LogP contribution in [0, 0.1) is 0 Å². The Balaban J connectivity index is 2.09. The van der Waals surface area contributed by atoms with Crippen LogP contribution in [0.25, 0.3) is 0 Å². The van der Waals surface area contributed by atoms with E-state index in [2.05, 4.69) is 15.5 Å². The Morgan fingerprint density at radius 1 is 1.21 bits per heavy atom. The van der Waals surface area contributed by atoms with E-state index in [0.717, 1.165) is 10.3 Å². The fourth-order valence-electron chi connectivity index (χ4n) is 1.69. The molecule has 7 nitrogen and oxygen atoms in total. The summed E-state index contributed by atoms with van der Waals surface area (Å²) in [7, 11) is 3.10. The number of hydrogen-bond donors (Lipinski definition) is 1. The van der Waals surface area contributed by atoms with Gasteiger partial charge in [0.05, 0.1) is 5.69 Å². The van der Waals surface area contributed by atoms with Crippen molar-refractivity contribution in [2.24, 2.45) is 14.1 Å². The molecule has 2 rings (SSSR count). The number of hydrogen-bond acceptors (Lipinski definition) is 5. The number of nitrogens with one attached hydrogen (secondary N) is 1. The maximum atomic E-state index is 11.7. The molecule has 0 aliphatic heterocycles. The first-order chi connectivity index (χ1) is 9.09. The van der Waals surface area contributed by atoms with Gasteiger partial charge in [-0.05, 0) is 12.1 Å². The average Bonchev–Trinajstić information content (AvgIpc) is 2.43. The van der Waals surface area contributed by atoms with Gasteiger partial charge in [-0.3, -0.25) is 13.9 Å². The highest BCUT2D eigenvalue weighted by molar-refractivity contribution is 5.03. The molecule has 100 valence electrons. The molecule has 0 atom stereocenters. The summed E-state index contributed by atoms with van der Waals surface area (Å²) < 4.78 is 2.53. The highest BCUT2D eigenvalue weighted by atomic mass is 16.2. The van der Waals surface area contributed by atoms with Crippen LogP contribution in [0.2, 0.25) is 0 Å². The molecule has 0 fully saturated rings. The van der Waals surface area contributed by atoms with Gasteiger partial charge in [-0.1, -0.05) is 0 Å². The lowest BCUT2D eigenvalue weighted by Gasteiger charge is -2.10. The van der Waals surface area contributed by atoms with Crippen molar-refractivity contribution < 1.29 is 0 Å². The van der Waals surface area contributed by atoms with E-state index in [1.54, 1.807) is 19.3 Å². The number of nitrogens with zero attached hydrogens (tertiary/aromatic N) is 4. The van der Waals surface area contributed by atoms with Crippen LogP contribution >= 0.6 is 0 Å². The molecule has 0 radical (unpaired) electrons. The predicted octanol–water partition coefficient (Wildman–Crippen LogP) is -0.836. The van der Waals surface area contributed by atoms with Crippen molar-refractivity contribution in [1.29, 1.82) is 0 Å². The molecule has 0 aliphatic carbocycles. The zero-order valence-corrected chi connectivity index (χ0v) is 10.8. The topological polar surface area (TPSA) is 81.8 Å². The van der Waals surface area contributed by atoms with Crippen LogP contribution in [0.3, 0.4) is 0 Å². The summed E-state index contributed by atoms with van der Waals surface area (Å²) in [5, 5.41) is 10.8. The molecular weight excluding hydrogens is 246 g/mol. The van der Waals surface area contributed by atoms with Crippen LogP contribution in [-0.4, -0.2) is 19.3 Å². The van der Waals surface area contributed by atoms with E-state index in [4.69, 9.17) is 0 Å². The molecule has 0 spiro atoms. The van der Waals surface area contributed by atoms with E-state index >= 15 is 0 Å². The predicted molar refractivity (Wildman–Crippen MR) is 69.5 cm³/mol. The third-order valence-electron chi connectivity index (χ3n) is 2.87. The average molecular weight is 261 g/mol. The standard InChI is InChI=1S/C12H15N5O2/c1-16-10(6-11(18)17(2)12(16)19)8-13-7-9-4-3-5-14-15-9/h3-6,13H,7-8H2,1-2H3. The molecule has 0 saturated carbocycles. The van der Waals surface area contributed by atoms with E-state index in [9.17, 15) is 9.59 Å². The van der Waals surface area contributed by atoms with E-state index in [-0.39, 0.29) is 11.2 Å². The van der Waals surface area contributed by atoms with Gasteiger partial charge in [0.2, 0.25) is 0 Å². The maximum absolute atomic E-state index is 11.7. The molecule has 0 aliphatic rings. The lowest BCUT2D eigenvalue weighted by molar-refractivity contribution is 0.594. The van der Waals surface area contributed by atoms with E-state index in [0.29, 0.717) is 18.8 Å². The van der Waals surface area contributed by atoms with E-state index in [1.807, 2.05) is 6.07 Å². The third-order valence-corrected chi connectivity index (χ3v) is 2.87. The Morgan fingerprint density at radius 3 is 2.68 bits per heavy atom. The summed E-state index contributed by atoms with van der Waals surface area (Å²) in [5.41, 5.74) is 0.802. The molecule has 0 bridgehead atoms. The molecule has 2 aromatic heterocycles. The first-order valence-electron chi connectivity index (χ1n) is 5.83. The fourth-order valence-corrected chi connectivity index (χ4v) is 1.69. The van der Waals surface area contributed by atoms with Crippen LogP contribution in [-0.2, 0) is 27.2 Å². The minimum atomic E-state index is -0.330. The van der Waals surface area contributed by atoms with Crippen LogP contribution in [0.15, 0.2) is 34.0 Å². The fraction of sp³-hybridized carbons (Fsp3) is 0.333. The van der Waals surface area contributed by atoms with Gasteiger partial charge in [0.1, 0.15) is 0 Å². The quantitative estimate of drug-likeness (QED) is 0.776. The largest absolute Gasteiger partial charge is 0.330 e. The number of rotatable bonds is 4. The first kappa shape index (κ1) is 13.2. The molecule has 1 N–H and O–H groups in total. The van der Waals surface area contributed by atoms with Crippen molar-refractivity contribution in [3.05, 3.63) is 56.6 Å².